The number of aromatic nitrogens is 5. The van der Waals surface area contributed by atoms with Gasteiger partial charge in [0.25, 0.3) is 0 Å². The third-order valence-electron chi connectivity index (χ3n) is 1.13. The van der Waals surface area contributed by atoms with E-state index in [0.29, 0.717) is 11.5 Å². The zero-order chi connectivity index (χ0) is 7.68. The van der Waals surface area contributed by atoms with Crippen molar-refractivity contribution in [3.05, 3.63) is 12.3 Å². The lowest BCUT2D eigenvalue weighted by molar-refractivity contribution is 0.415. The molecule has 0 unspecified atom stereocenters. The van der Waals surface area contributed by atoms with E-state index in [1.807, 2.05) is 0 Å². The lowest BCUT2D eigenvalue weighted by Gasteiger charge is -1.79. The van der Waals surface area contributed by atoms with Gasteiger partial charge in [-0.2, -0.15) is 4.80 Å². The Morgan fingerprint density at radius 1 is 1.64 bits per heavy atom. The lowest BCUT2D eigenvalue weighted by Crippen LogP contribution is -1.91. The van der Waals surface area contributed by atoms with E-state index < -0.39 is 0 Å². The van der Waals surface area contributed by atoms with Crippen LogP contribution in [0.25, 0.3) is 11.5 Å². The topological polar surface area (TPSA) is 69.6 Å². The van der Waals surface area contributed by atoms with Gasteiger partial charge in [-0.25, -0.2) is 0 Å². The quantitative estimate of drug-likeness (QED) is 0.556. The van der Waals surface area contributed by atoms with Crippen molar-refractivity contribution < 1.29 is 4.52 Å². The zero-order valence-electron chi connectivity index (χ0n) is 5.72. The number of aryl methyl sites for hydroxylation is 1. The first-order valence-electron chi connectivity index (χ1n) is 2.93. The maximum Gasteiger partial charge on any atom is 0.226 e. The average Bonchev–Trinajstić information content (AvgIpc) is 2.55. The number of nitrogens with zero attached hydrogens (tertiary/aromatic N) is 5. The fraction of sp³-hybridized carbons (Fsp3) is 0.200. The van der Waals surface area contributed by atoms with Crippen molar-refractivity contribution in [2.75, 3.05) is 0 Å². The first-order valence-corrected chi connectivity index (χ1v) is 2.93. The van der Waals surface area contributed by atoms with Crippen LogP contribution in [-0.4, -0.2) is 25.4 Å². The van der Waals surface area contributed by atoms with E-state index in [1.54, 1.807) is 13.1 Å². The highest BCUT2D eigenvalue weighted by atomic mass is 16.5. The smallest absolute Gasteiger partial charge is 0.226 e. The first kappa shape index (κ1) is 6.02. The highest BCUT2D eigenvalue weighted by Gasteiger charge is 2.06. The van der Waals surface area contributed by atoms with Crippen LogP contribution >= 0.6 is 0 Å². The van der Waals surface area contributed by atoms with Crippen LogP contribution in [0.15, 0.2) is 10.6 Å². The second kappa shape index (κ2) is 2.15. The number of tetrazole rings is 1. The van der Waals surface area contributed by atoms with Gasteiger partial charge in [-0.1, -0.05) is 5.16 Å². The van der Waals surface area contributed by atoms with Gasteiger partial charge in [0.1, 0.15) is 0 Å². The predicted molar refractivity (Wildman–Crippen MR) is 33.1 cm³/mol. The molecule has 0 fully saturated rings. The Morgan fingerprint density at radius 3 is 3.09 bits per heavy atom. The SMILES string of the molecule is Cn1nnc(-c2c[c]on2)n1. The van der Waals surface area contributed by atoms with Crippen LogP contribution in [0.5, 0.6) is 0 Å². The maximum atomic E-state index is 4.49. The number of hydrogen-bond acceptors (Lipinski definition) is 5. The predicted octanol–water partition coefficient (Wildman–Crippen LogP) is -0.335. The van der Waals surface area contributed by atoms with E-state index in [1.165, 1.54) is 4.80 Å². The Balaban J connectivity index is 2.45. The molecule has 0 aliphatic rings. The molecule has 0 N–H and O–H groups in total. The minimum atomic E-state index is 0.442. The minimum absolute atomic E-state index is 0.442. The van der Waals surface area contributed by atoms with E-state index in [-0.39, 0.29) is 0 Å². The summed E-state index contributed by atoms with van der Waals surface area (Å²) in [6, 6.07) is 1.55. The van der Waals surface area contributed by atoms with Crippen LogP contribution < -0.4 is 0 Å². The molecule has 0 aliphatic carbocycles. The van der Waals surface area contributed by atoms with Crippen molar-refractivity contribution >= 4 is 0 Å². The highest BCUT2D eigenvalue weighted by Crippen LogP contribution is 2.07. The average molecular weight is 150 g/mol. The molecular weight excluding hydrogens is 146 g/mol. The molecule has 2 heterocycles. The fourth-order valence-corrected chi connectivity index (χ4v) is 0.676. The summed E-state index contributed by atoms with van der Waals surface area (Å²) in [5.74, 6) is 0.442. The molecule has 0 saturated heterocycles. The van der Waals surface area contributed by atoms with Gasteiger partial charge in [0.2, 0.25) is 12.1 Å². The van der Waals surface area contributed by atoms with E-state index in [2.05, 4.69) is 31.4 Å². The molecule has 6 heteroatoms. The summed E-state index contributed by atoms with van der Waals surface area (Å²) in [4.78, 5) is 1.35. The standard InChI is InChI=1S/C5H4N5O/c1-10-7-5(6-9-10)4-2-3-11-8-4/h2H,1H3. The Labute approximate surface area is 61.8 Å². The lowest BCUT2D eigenvalue weighted by atomic mass is 10.4. The Bertz CT molecular complexity index is 337. The molecule has 0 aliphatic heterocycles. The summed E-state index contributed by atoms with van der Waals surface area (Å²) in [5.41, 5.74) is 0.540. The Kier molecular flexibility index (Phi) is 1.18. The van der Waals surface area contributed by atoms with Crippen molar-refractivity contribution in [3.63, 3.8) is 0 Å². The van der Waals surface area contributed by atoms with Crippen LogP contribution in [0.4, 0.5) is 0 Å². The molecule has 2 aromatic heterocycles. The van der Waals surface area contributed by atoms with Crippen LogP contribution in [0, 0.1) is 6.26 Å². The zero-order valence-corrected chi connectivity index (χ0v) is 5.72. The molecule has 0 spiro atoms. The first-order chi connectivity index (χ1) is 5.36. The van der Waals surface area contributed by atoms with Crippen LogP contribution in [0.3, 0.4) is 0 Å². The van der Waals surface area contributed by atoms with E-state index in [4.69, 9.17) is 0 Å². The molecule has 55 valence electrons. The number of rotatable bonds is 1. The largest absolute Gasteiger partial charge is 0.352 e. The molecular formula is C5H4N5O. The molecule has 0 aromatic carbocycles. The van der Waals surface area contributed by atoms with E-state index >= 15 is 0 Å². The van der Waals surface area contributed by atoms with Crippen molar-refractivity contribution in [3.8, 4) is 11.5 Å². The summed E-state index contributed by atoms with van der Waals surface area (Å²) in [5, 5.41) is 14.8. The van der Waals surface area contributed by atoms with Crippen molar-refractivity contribution in [2.45, 2.75) is 0 Å². The molecule has 11 heavy (non-hydrogen) atoms. The van der Waals surface area contributed by atoms with Gasteiger partial charge in [0.05, 0.1) is 7.05 Å². The van der Waals surface area contributed by atoms with Crippen LogP contribution in [0.2, 0.25) is 0 Å². The monoisotopic (exact) mass is 150 g/mol. The third kappa shape index (κ3) is 0.977. The van der Waals surface area contributed by atoms with Gasteiger partial charge in [-0.15, -0.1) is 10.2 Å². The van der Waals surface area contributed by atoms with Gasteiger partial charge in [-0.3, -0.25) is 0 Å². The van der Waals surface area contributed by atoms with Gasteiger partial charge < -0.3 is 4.52 Å². The highest BCUT2D eigenvalue weighted by molar-refractivity contribution is 5.44. The van der Waals surface area contributed by atoms with Gasteiger partial charge in [0, 0.05) is 6.07 Å². The molecule has 0 atom stereocenters. The molecule has 2 rings (SSSR count). The van der Waals surface area contributed by atoms with Gasteiger partial charge >= 0.3 is 0 Å². The fourth-order valence-electron chi connectivity index (χ4n) is 0.676. The molecule has 1 radical (unpaired) electrons. The second-order valence-electron chi connectivity index (χ2n) is 1.93. The molecule has 0 bridgehead atoms. The van der Waals surface area contributed by atoms with Crippen LogP contribution in [0.1, 0.15) is 0 Å². The van der Waals surface area contributed by atoms with Gasteiger partial charge in [-0.05, 0) is 5.21 Å². The molecule has 0 saturated carbocycles. The Morgan fingerprint density at radius 2 is 2.55 bits per heavy atom. The summed E-state index contributed by atoms with van der Waals surface area (Å²) < 4.78 is 4.49. The van der Waals surface area contributed by atoms with Crippen molar-refractivity contribution in [2.24, 2.45) is 7.05 Å². The van der Waals surface area contributed by atoms with E-state index in [0.717, 1.165) is 0 Å². The summed E-state index contributed by atoms with van der Waals surface area (Å²) in [7, 11) is 1.68. The normalized spacial score (nSPS) is 10.3. The summed E-state index contributed by atoms with van der Waals surface area (Å²) >= 11 is 0. The molecule has 0 amide bonds. The minimum Gasteiger partial charge on any atom is -0.352 e. The summed E-state index contributed by atoms with van der Waals surface area (Å²) in [6.45, 7) is 0. The molecule has 2 aromatic rings. The second-order valence-corrected chi connectivity index (χ2v) is 1.93. The van der Waals surface area contributed by atoms with E-state index in [9.17, 15) is 0 Å². The molecule has 6 nitrogen and oxygen atoms in total. The van der Waals surface area contributed by atoms with Gasteiger partial charge in [0.15, 0.2) is 5.69 Å². The summed E-state index contributed by atoms with van der Waals surface area (Å²) in [6.07, 6.45) is 2.43. The van der Waals surface area contributed by atoms with Crippen molar-refractivity contribution in [1.29, 1.82) is 0 Å². The number of hydrogen-bond donors (Lipinski definition) is 0. The Hall–Kier alpha value is -1.72. The van der Waals surface area contributed by atoms with Crippen LogP contribution in [-0.2, 0) is 7.05 Å². The van der Waals surface area contributed by atoms with Crippen molar-refractivity contribution in [1.82, 2.24) is 25.4 Å². The maximum absolute atomic E-state index is 4.49. The third-order valence-corrected chi connectivity index (χ3v) is 1.13.